The maximum atomic E-state index is 14.0. The molecule has 2 atom stereocenters. The lowest BCUT2D eigenvalue weighted by Crippen LogP contribution is -2.42. The van der Waals surface area contributed by atoms with Crippen molar-refractivity contribution in [3.8, 4) is 17.5 Å². The smallest absolute Gasteiger partial charge is 0.264 e. The van der Waals surface area contributed by atoms with Gasteiger partial charge in [0.2, 0.25) is 5.91 Å². The molecular formula is C28H27N5O2. The van der Waals surface area contributed by atoms with Gasteiger partial charge in [-0.15, -0.1) is 0 Å². The molecule has 2 N–H and O–H groups in total. The summed E-state index contributed by atoms with van der Waals surface area (Å²) in [6, 6.07) is 16.6. The van der Waals surface area contributed by atoms with Crippen molar-refractivity contribution >= 4 is 16.7 Å². The molecule has 1 fully saturated rings. The molecule has 3 heterocycles. The van der Waals surface area contributed by atoms with Gasteiger partial charge in [0.05, 0.1) is 29.2 Å². The number of fused-ring (bicyclic) bond motifs is 1. The fourth-order valence-corrected chi connectivity index (χ4v) is 4.57. The lowest BCUT2D eigenvalue weighted by atomic mass is 10.0. The van der Waals surface area contributed by atoms with Gasteiger partial charge in [-0.2, -0.15) is 5.10 Å². The number of nitrogens with zero attached hydrogens (tertiary/aromatic N) is 3. The molecule has 1 aliphatic rings. The van der Waals surface area contributed by atoms with Crippen molar-refractivity contribution in [3.63, 3.8) is 0 Å². The van der Waals surface area contributed by atoms with E-state index in [1.165, 1.54) is 0 Å². The minimum atomic E-state index is -0.368. The fraction of sp³-hybridized carbons (Fsp3) is 0.250. The second-order valence-corrected chi connectivity index (χ2v) is 8.85. The summed E-state index contributed by atoms with van der Waals surface area (Å²) in [5.74, 6) is 6.23. The summed E-state index contributed by atoms with van der Waals surface area (Å²) in [5.41, 5.74) is 2.72. The van der Waals surface area contributed by atoms with E-state index in [2.05, 4.69) is 27.6 Å². The van der Waals surface area contributed by atoms with Crippen LogP contribution in [0.1, 0.15) is 42.6 Å². The number of pyridine rings is 1. The van der Waals surface area contributed by atoms with Gasteiger partial charge in [0, 0.05) is 30.2 Å². The SMILES string of the molecule is CC(NC(=O)C1CCCN1)c1cc2cccc(C#Cc3cnn(C)c3)c2c(=O)n1-c1ccccc1. The minimum Gasteiger partial charge on any atom is -0.347 e. The van der Waals surface area contributed by atoms with E-state index in [-0.39, 0.29) is 23.6 Å². The van der Waals surface area contributed by atoms with Crippen molar-refractivity contribution in [3.05, 3.63) is 94.2 Å². The van der Waals surface area contributed by atoms with Crippen LogP contribution >= 0.6 is 0 Å². The normalized spacial score (nSPS) is 16.0. The summed E-state index contributed by atoms with van der Waals surface area (Å²) in [6.45, 7) is 2.76. The minimum absolute atomic E-state index is 0.0433. The lowest BCUT2D eigenvalue weighted by Gasteiger charge is -2.22. The van der Waals surface area contributed by atoms with Crippen molar-refractivity contribution in [2.75, 3.05) is 6.54 Å². The number of hydrogen-bond donors (Lipinski definition) is 2. The Labute approximate surface area is 203 Å². The van der Waals surface area contributed by atoms with Gasteiger partial charge < -0.3 is 10.6 Å². The molecule has 4 aromatic rings. The predicted octanol–water partition coefficient (Wildman–Crippen LogP) is 3.05. The molecule has 1 aliphatic heterocycles. The molecule has 0 spiro atoms. The lowest BCUT2D eigenvalue weighted by molar-refractivity contribution is -0.123. The third-order valence-corrected chi connectivity index (χ3v) is 6.32. The second-order valence-electron chi connectivity index (χ2n) is 8.85. The molecule has 0 radical (unpaired) electrons. The highest BCUT2D eigenvalue weighted by molar-refractivity contribution is 5.88. The molecule has 7 nitrogen and oxygen atoms in total. The molecular weight excluding hydrogens is 438 g/mol. The molecule has 0 bridgehead atoms. The van der Waals surface area contributed by atoms with Gasteiger partial charge in [-0.05, 0) is 56.0 Å². The Kier molecular flexibility index (Phi) is 6.21. The summed E-state index contributed by atoms with van der Waals surface area (Å²) in [7, 11) is 1.84. The molecule has 7 heteroatoms. The number of nitrogens with one attached hydrogen (secondary N) is 2. The van der Waals surface area contributed by atoms with E-state index in [0.717, 1.165) is 41.7 Å². The van der Waals surface area contributed by atoms with Crippen LogP contribution in [0.4, 0.5) is 0 Å². The summed E-state index contributed by atoms with van der Waals surface area (Å²) in [5, 5.41) is 11.8. The number of aromatic nitrogens is 3. The largest absolute Gasteiger partial charge is 0.347 e. The van der Waals surface area contributed by atoms with E-state index in [9.17, 15) is 9.59 Å². The van der Waals surface area contributed by atoms with Gasteiger partial charge >= 0.3 is 0 Å². The van der Waals surface area contributed by atoms with E-state index in [0.29, 0.717) is 10.9 Å². The summed E-state index contributed by atoms with van der Waals surface area (Å²) >= 11 is 0. The number of rotatable bonds is 4. The van der Waals surface area contributed by atoms with Gasteiger partial charge in [-0.1, -0.05) is 42.2 Å². The quantitative estimate of drug-likeness (QED) is 0.454. The summed E-state index contributed by atoms with van der Waals surface area (Å²) < 4.78 is 3.38. The zero-order chi connectivity index (χ0) is 24.4. The van der Waals surface area contributed by atoms with Crippen LogP contribution < -0.4 is 16.2 Å². The van der Waals surface area contributed by atoms with Crippen LogP contribution in [0, 0.1) is 11.8 Å². The fourth-order valence-electron chi connectivity index (χ4n) is 4.57. The molecule has 2 aromatic heterocycles. The van der Waals surface area contributed by atoms with Gasteiger partial charge in [0.25, 0.3) is 5.56 Å². The van der Waals surface area contributed by atoms with Crippen LogP contribution in [0.3, 0.4) is 0 Å². The molecule has 2 aromatic carbocycles. The third kappa shape index (κ3) is 4.61. The Balaban J connectivity index is 1.64. The first-order valence-corrected chi connectivity index (χ1v) is 11.8. The number of hydrogen-bond acceptors (Lipinski definition) is 4. The summed E-state index contributed by atoms with van der Waals surface area (Å²) in [6.07, 6.45) is 5.34. The van der Waals surface area contributed by atoms with Crippen molar-refractivity contribution in [2.45, 2.75) is 31.8 Å². The van der Waals surface area contributed by atoms with E-state index in [1.807, 2.05) is 74.8 Å². The van der Waals surface area contributed by atoms with Crippen LogP contribution in [0.25, 0.3) is 16.5 Å². The average Bonchev–Trinajstić information content (AvgIpc) is 3.55. The molecule has 5 rings (SSSR count). The van der Waals surface area contributed by atoms with E-state index < -0.39 is 0 Å². The molecule has 2 unspecified atom stereocenters. The number of carbonyl (C=O) groups excluding carboxylic acids is 1. The first kappa shape index (κ1) is 22.6. The number of aryl methyl sites for hydroxylation is 1. The summed E-state index contributed by atoms with van der Waals surface area (Å²) in [4.78, 5) is 26.8. The van der Waals surface area contributed by atoms with E-state index >= 15 is 0 Å². The highest BCUT2D eigenvalue weighted by atomic mass is 16.2. The monoisotopic (exact) mass is 465 g/mol. The molecule has 176 valence electrons. The second kappa shape index (κ2) is 9.61. The topological polar surface area (TPSA) is 81.0 Å². The molecule has 0 saturated carbocycles. The highest BCUT2D eigenvalue weighted by Crippen LogP contribution is 2.23. The van der Waals surface area contributed by atoms with Crippen LogP contribution in [-0.4, -0.2) is 32.8 Å². The first-order valence-electron chi connectivity index (χ1n) is 11.8. The molecule has 1 amide bonds. The van der Waals surface area contributed by atoms with Gasteiger partial charge in [0.15, 0.2) is 0 Å². The van der Waals surface area contributed by atoms with Crippen molar-refractivity contribution in [2.24, 2.45) is 7.05 Å². The Morgan fingerprint density at radius 1 is 1.17 bits per heavy atom. The standard InChI is InChI=1S/C28H27N5O2/c1-19(31-27(34)24-12-7-15-29-24)25-16-22-9-6-8-21(14-13-20-17-30-32(2)18-20)26(22)28(35)33(25)23-10-4-3-5-11-23/h3-6,8-11,16-19,24,29H,7,12,15H2,1-2H3,(H,31,34). The molecule has 0 aliphatic carbocycles. The van der Waals surface area contributed by atoms with Gasteiger partial charge in [0.1, 0.15) is 0 Å². The van der Waals surface area contributed by atoms with Crippen molar-refractivity contribution < 1.29 is 4.79 Å². The number of carbonyl (C=O) groups is 1. The van der Waals surface area contributed by atoms with E-state index in [4.69, 9.17) is 0 Å². The number of amides is 1. The molecule has 35 heavy (non-hydrogen) atoms. The van der Waals surface area contributed by atoms with Crippen molar-refractivity contribution in [1.29, 1.82) is 0 Å². The Morgan fingerprint density at radius 2 is 2.00 bits per heavy atom. The molecule has 1 saturated heterocycles. The number of benzene rings is 2. The zero-order valence-corrected chi connectivity index (χ0v) is 19.8. The van der Waals surface area contributed by atoms with Crippen LogP contribution in [0.15, 0.2) is 71.8 Å². The van der Waals surface area contributed by atoms with Crippen LogP contribution in [0.2, 0.25) is 0 Å². The third-order valence-electron chi connectivity index (χ3n) is 6.32. The van der Waals surface area contributed by atoms with Gasteiger partial charge in [-0.25, -0.2) is 0 Å². The van der Waals surface area contributed by atoms with Crippen LogP contribution in [0.5, 0.6) is 0 Å². The Morgan fingerprint density at radius 3 is 2.71 bits per heavy atom. The van der Waals surface area contributed by atoms with Crippen LogP contribution in [-0.2, 0) is 11.8 Å². The maximum Gasteiger partial charge on any atom is 0.264 e. The Hall–Kier alpha value is -4.15. The van der Waals surface area contributed by atoms with Crippen molar-refractivity contribution in [1.82, 2.24) is 25.0 Å². The van der Waals surface area contributed by atoms with Gasteiger partial charge in [-0.3, -0.25) is 18.8 Å². The Bertz CT molecular complexity index is 1500. The first-order chi connectivity index (χ1) is 17.0. The predicted molar refractivity (Wildman–Crippen MR) is 136 cm³/mol. The maximum absolute atomic E-state index is 14.0. The van der Waals surface area contributed by atoms with E-state index in [1.54, 1.807) is 15.4 Å². The highest BCUT2D eigenvalue weighted by Gasteiger charge is 2.25. The number of para-hydroxylation sites is 1. The average molecular weight is 466 g/mol. The zero-order valence-electron chi connectivity index (χ0n) is 19.8.